The number of H-pyrrole nitrogens is 1. The lowest BCUT2D eigenvalue weighted by molar-refractivity contribution is 0.0955. The largest absolute Gasteiger partial charge is 0.505 e. The topological polar surface area (TPSA) is 90.9 Å². The van der Waals surface area contributed by atoms with Gasteiger partial charge in [0.25, 0.3) is 5.91 Å². The lowest BCUT2D eigenvalue weighted by Gasteiger charge is -2.06. The zero-order valence-electron chi connectivity index (χ0n) is 15.1. The Labute approximate surface area is 164 Å². The van der Waals surface area contributed by atoms with Gasteiger partial charge < -0.3 is 15.4 Å². The number of phenolic OH excluding ortho intramolecular Hbond substituents is 1. The van der Waals surface area contributed by atoms with Crippen molar-refractivity contribution in [2.24, 2.45) is 0 Å². The van der Waals surface area contributed by atoms with Gasteiger partial charge in [-0.2, -0.15) is 0 Å². The maximum Gasteiger partial charge on any atom is 0.253 e. The number of phenols is 1. The van der Waals surface area contributed by atoms with E-state index in [9.17, 15) is 18.7 Å². The monoisotopic (exact) mass is 394 g/mol. The van der Waals surface area contributed by atoms with Crippen LogP contribution in [0.3, 0.4) is 0 Å². The average Bonchev–Trinajstić information content (AvgIpc) is 3.15. The van der Waals surface area contributed by atoms with E-state index in [-0.39, 0.29) is 11.7 Å². The zero-order chi connectivity index (χ0) is 20.4. The van der Waals surface area contributed by atoms with Crippen LogP contribution in [0.1, 0.15) is 15.9 Å². The van der Waals surface area contributed by atoms with Crippen LogP contribution in [0.25, 0.3) is 22.6 Å². The standard InChI is InChI=1S/C21H16F2N4O2/c22-14-4-2-13(3-5-14)19-26-18-15(8-10-24-20(18)27-19)21(29)25-9-7-12-1-6-16(23)17(28)11-12/h1-6,8,10-11,28H,7,9H2,(H,25,29)(H,24,26,27). The van der Waals surface area contributed by atoms with Gasteiger partial charge in [-0.15, -0.1) is 0 Å². The number of aromatic nitrogens is 3. The Balaban J connectivity index is 1.51. The van der Waals surface area contributed by atoms with Crippen molar-refractivity contribution in [2.75, 3.05) is 6.54 Å². The number of fused-ring (bicyclic) bond motifs is 1. The summed E-state index contributed by atoms with van der Waals surface area (Å²) in [5.41, 5.74) is 2.60. The van der Waals surface area contributed by atoms with Gasteiger partial charge >= 0.3 is 0 Å². The van der Waals surface area contributed by atoms with Gasteiger partial charge in [-0.25, -0.2) is 18.7 Å². The van der Waals surface area contributed by atoms with E-state index in [0.717, 1.165) is 0 Å². The Kier molecular flexibility index (Phi) is 4.90. The molecule has 0 bridgehead atoms. The van der Waals surface area contributed by atoms with Crippen molar-refractivity contribution in [3.63, 3.8) is 0 Å². The Hall–Kier alpha value is -3.81. The molecule has 146 valence electrons. The van der Waals surface area contributed by atoms with Crippen molar-refractivity contribution in [1.29, 1.82) is 0 Å². The fourth-order valence-electron chi connectivity index (χ4n) is 2.97. The number of aromatic hydroxyl groups is 1. The van der Waals surface area contributed by atoms with Crippen molar-refractivity contribution < 1.29 is 18.7 Å². The molecule has 0 saturated heterocycles. The van der Waals surface area contributed by atoms with E-state index in [2.05, 4.69) is 20.3 Å². The second kappa shape index (κ2) is 7.67. The minimum absolute atomic E-state index is 0.298. The number of hydrogen-bond acceptors (Lipinski definition) is 4. The molecule has 0 unspecified atom stereocenters. The SMILES string of the molecule is O=C(NCCc1ccc(F)c(O)c1)c1ccnc2nc(-c3ccc(F)cc3)[nH]c12. The van der Waals surface area contributed by atoms with E-state index < -0.39 is 11.6 Å². The first kappa shape index (κ1) is 18.5. The second-order valence-electron chi connectivity index (χ2n) is 6.44. The highest BCUT2D eigenvalue weighted by Crippen LogP contribution is 2.22. The molecule has 2 aromatic heterocycles. The molecule has 2 aromatic carbocycles. The number of nitrogens with zero attached hydrogens (tertiary/aromatic N) is 2. The predicted octanol–water partition coefficient (Wildman–Crippen LogP) is 3.58. The van der Waals surface area contributed by atoms with Crippen molar-refractivity contribution in [2.45, 2.75) is 6.42 Å². The van der Waals surface area contributed by atoms with E-state index >= 15 is 0 Å². The molecule has 4 aromatic rings. The molecule has 0 aliphatic heterocycles. The first-order chi connectivity index (χ1) is 14.0. The van der Waals surface area contributed by atoms with E-state index in [1.165, 1.54) is 30.5 Å². The van der Waals surface area contributed by atoms with Gasteiger partial charge in [0.2, 0.25) is 0 Å². The molecule has 0 saturated carbocycles. The predicted molar refractivity (Wildman–Crippen MR) is 103 cm³/mol. The minimum Gasteiger partial charge on any atom is -0.505 e. The molecule has 6 nitrogen and oxygen atoms in total. The van der Waals surface area contributed by atoms with Gasteiger partial charge in [-0.3, -0.25) is 4.79 Å². The number of benzene rings is 2. The Morgan fingerprint density at radius 1 is 1.10 bits per heavy atom. The molecular weight excluding hydrogens is 378 g/mol. The van der Waals surface area contributed by atoms with Crippen molar-refractivity contribution in [3.05, 3.63) is 77.5 Å². The summed E-state index contributed by atoms with van der Waals surface area (Å²) in [5, 5.41) is 12.2. The van der Waals surface area contributed by atoms with E-state index in [4.69, 9.17) is 0 Å². The van der Waals surface area contributed by atoms with Gasteiger partial charge in [0.05, 0.1) is 11.1 Å². The third-order valence-corrected chi connectivity index (χ3v) is 4.46. The molecule has 1 amide bonds. The van der Waals surface area contributed by atoms with Crippen LogP contribution in [0.5, 0.6) is 5.75 Å². The van der Waals surface area contributed by atoms with Gasteiger partial charge in [-0.1, -0.05) is 6.07 Å². The molecule has 29 heavy (non-hydrogen) atoms. The Bertz CT molecular complexity index is 1190. The highest BCUT2D eigenvalue weighted by molar-refractivity contribution is 6.04. The first-order valence-electron chi connectivity index (χ1n) is 8.87. The Morgan fingerprint density at radius 3 is 2.66 bits per heavy atom. The number of carbonyl (C=O) groups is 1. The van der Waals surface area contributed by atoms with Crippen LogP contribution in [-0.2, 0) is 6.42 Å². The van der Waals surface area contributed by atoms with E-state index in [0.29, 0.717) is 46.6 Å². The summed E-state index contributed by atoms with van der Waals surface area (Å²) in [7, 11) is 0. The number of hydrogen-bond donors (Lipinski definition) is 3. The molecule has 3 N–H and O–H groups in total. The van der Waals surface area contributed by atoms with Gasteiger partial charge in [-0.05, 0) is 54.4 Å². The summed E-state index contributed by atoms with van der Waals surface area (Å²) in [4.78, 5) is 24.2. The second-order valence-corrected chi connectivity index (χ2v) is 6.44. The third kappa shape index (κ3) is 3.91. The lowest BCUT2D eigenvalue weighted by Crippen LogP contribution is -2.26. The lowest BCUT2D eigenvalue weighted by atomic mass is 10.1. The van der Waals surface area contributed by atoms with Crippen LogP contribution in [0.4, 0.5) is 8.78 Å². The number of nitrogens with one attached hydrogen (secondary N) is 2. The average molecular weight is 394 g/mol. The maximum atomic E-state index is 13.1. The number of imidazole rings is 1. The number of halogens is 2. The molecule has 0 atom stereocenters. The summed E-state index contributed by atoms with van der Waals surface area (Å²) in [6.07, 6.45) is 1.92. The molecule has 2 heterocycles. The highest BCUT2D eigenvalue weighted by atomic mass is 19.1. The van der Waals surface area contributed by atoms with Gasteiger partial charge in [0.1, 0.15) is 11.6 Å². The quantitative estimate of drug-likeness (QED) is 0.483. The van der Waals surface area contributed by atoms with Crippen LogP contribution in [-0.4, -0.2) is 32.5 Å². The summed E-state index contributed by atoms with van der Waals surface area (Å²) >= 11 is 0. The smallest absolute Gasteiger partial charge is 0.253 e. The summed E-state index contributed by atoms with van der Waals surface area (Å²) in [6.45, 7) is 0.298. The normalized spacial score (nSPS) is 11.0. The summed E-state index contributed by atoms with van der Waals surface area (Å²) in [5.74, 6) is -1.30. The fourth-order valence-corrected chi connectivity index (χ4v) is 2.97. The first-order valence-corrected chi connectivity index (χ1v) is 8.87. The number of aromatic amines is 1. The molecule has 0 fully saturated rings. The fraction of sp³-hybridized carbons (Fsp3) is 0.0952. The minimum atomic E-state index is -0.687. The van der Waals surface area contributed by atoms with E-state index in [1.54, 1.807) is 24.3 Å². The molecule has 4 rings (SSSR count). The van der Waals surface area contributed by atoms with Crippen LogP contribution < -0.4 is 5.32 Å². The number of pyridine rings is 1. The summed E-state index contributed by atoms with van der Waals surface area (Å²) in [6, 6.07) is 11.5. The zero-order valence-corrected chi connectivity index (χ0v) is 15.1. The molecule has 0 spiro atoms. The van der Waals surface area contributed by atoms with Gasteiger partial charge in [0.15, 0.2) is 17.2 Å². The van der Waals surface area contributed by atoms with Crippen LogP contribution in [0, 0.1) is 11.6 Å². The van der Waals surface area contributed by atoms with Crippen LogP contribution >= 0.6 is 0 Å². The van der Waals surface area contributed by atoms with Gasteiger partial charge in [0, 0.05) is 18.3 Å². The highest BCUT2D eigenvalue weighted by Gasteiger charge is 2.15. The molecule has 0 radical (unpaired) electrons. The van der Waals surface area contributed by atoms with Crippen LogP contribution in [0.2, 0.25) is 0 Å². The number of carbonyl (C=O) groups excluding carboxylic acids is 1. The molecule has 8 heteroatoms. The third-order valence-electron chi connectivity index (χ3n) is 4.46. The Morgan fingerprint density at radius 2 is 1.90 bits per heavy atom. The number of rotatable bonds is 5. The van der Waals surface area contributed by atoms with E-state index in [1.807, 2.05) is 0 Å². The van der Waals surface area contributed by atoms with Crippen molar-refractivity contribution >= 4 is 17.1 Å². The number of amides is 1. The summed E-state index contributed by atoms with van der Waals surface area (Å²) < 4.78 is 26.2. The maximum absolute atomic E-state index is 13.1. The molecule has 0 aliphatic carbocycles. The van der Waals surface area contributed by atoms with Crippen molar-refractivity contribution in [1.82, 2.24) is 20.3 Å². The van der Waals surface area contributed by atoms with Crippen LogP contribution in [0.15, 0.2) is 54.7 Å². The van der Waals surface area contributed by atoms with Crippen molar-refractivity contribution in [3.8, 4) is 17.1 Å². The molecular formula is C21H16F2N4O2. The molecule has 0 aliphatic rings.